The van der Waals surface area contributed by atoms with Crippen molar-refractivity contribution in [1.82, 2.24) is 0 Å². The van der Waals surface area contributed by atoms with Crippen molar-refractivity contribution in [2.75, 3.05) is 12.4 Å². The highest BCUT2D eigenvalue weighted by molar-refractivity contribution is 7.14. The van der Waals surface area contributed by atoms with Gasteiger partial charge >= 0.3 is 5.97 Å². The van der Waals surface area contributed by atoms with E-state index < -0.39 is 16.8 Å². The van der Waals surface area contributed by atoms with E-state index >= 15 is 0 Å². The van der Waals surface area contributed by atoms with Gasteiger partial charge in [-0.25, -0.2) is 4.79 Å². The minimum atomic E-state index is -0.708. The van der Waals surface area contributed by atoms with E-state index in [0.29, 0.717) is 11.5 Å². The first-order valence-electron chi connectivity index (χ1n) is 8.96. The third kappa shape index (κ3) is 5.38. The summed E-state index contributed by atoms with van der Waals surface area (Å²) >= 11 is 1.12. The number of hydrogen-bond donors (Lipinski definition) is 1. The second kappa shape index (κ2) is 10.1. The maximum absolute atomic E-state index is 12.4. The Bertz CT molecular complexity index is 1220. The van der Waals surface area contributed by atoms with Gasteiger partial charge in [0, 0.05) is 18.2 Å². The lowest BCUT2D eigenvalue weighted by molar-refractivity contribution is -0.384. The van der Waals surface area contributed by atoms with Crippen LogP contribution in [0.5, 0.6) is 5.75 Å². The number of thiophene rings is 1. The molecule has 1 amide bonds. The summed E-state index contributed by atoms with van der Waals surface area (Å²) in [7, 11) is 1.23. The van der Waals surface area contributed by atoms with E-state index in [1.807, 2.05) is 0 Å². The van der Waals surface area contributed by atoms with Crippen molar-refractivity contribution in [1.29, 1.82) is 5.26 Å². The van der Waals surface area contributed by atoms with Crippen molar-refractivity contribution in [3.8, 4) is 11.8 Å². The smallest absolute Gasteiger partial charge is 0.340 e. The Hall–Kier alpha value is -4.43. The quantitative estimate of drug-likeness (QED) is 0.176. The molecule has 0 aliphatic heterocycles. The van der Waals surface area contributed by atoms with Gasteiger partial charge in [0.15, 0.2) is 0 Å². The third-order valence-electron chi connectivity index (χ3n) is 4.06. The van der Waals surface area contributed by atoms with Crippen LogP contribution in [0, 0.1) is 21.4 Å². The fraction of sp³-hybridized carbons (Fsp3) is 0.0952. The van der Waals surface area contributed by atoms with Gasteiger partial charge in [0.25, 0.3) is 11.6 Å². The van der Waals surface area contributed by atoms with E-state index in [-0.39, 0.29) is 34.2 Å². The van der Waals surface area contributed by atoms with E-state index in [4.69, 9.17) is 9.15 Å². The molecule has 11 heteroatoms. The topological polar surface area (TPSA) is 145 Å². The molecular weight excluding hydrogens is 438 g/mol. The second-order valence-electron chi connectivity index (χ2n) is 6.12. The van der Waals surface area contributed by atoms with Gasteiger partial charge in [-0.15, -0.1) is 11.3 Å². The summed E-state index contributed by atoms with van der Waals surface area (Å²) in [5, 5.41) is 24.4. The average Bonchev–Trinajstić information content (AvgIpc) is 3.45. The maximum atomic E-state index is 12.4. The number of carbonyl (C=O) groups excluding carboxylic acids is 2. The Morgan fingerprint density at radius 3 is 2.66 bits per heavy atom. The van der Waals surface area contributed by atoms with Gasteiger partial charge in [0.1, 0.15) is 40.5 Å². The molecule has 0 radical (unpaired) electrons. The Morgan fingerprint density at radius 2 is 2.00 bits per heavy atom. The van der Waals surface area contributed by atoms with Crippen LogP contribution < -0.4 is 10.1 Å². The Morgan fingerprint density at radius 1 is 1.25 bits per heavy atom. The zero-order valence-corrected chi connectivity index (χ0v) is 17.4. The lowest BCUT2D eigenvalue weighted by Gasteiger charge is -2.04. The number of esters is 1. The fourth-order valence-corrected chi connectivity index (χ4v) is 3.28. The minimum Gasteiger partial charge on any atom is -0.486 e. The van der Waals surface area contributed by atoms with Crippen LogP contribution >= 0.6 is 11.3 Å². The lowest BCUT2D eigenvalue weighted by Crippen LogP contribution is -2.15. The number of furan rings is 1. The molecule has 3 aromatic rings. The number of hydrogen-bond acceptors (Lipinski definition) is 9. The number of nitro benzene ring substituents is 1. The summed E-state index contributed by atoms with van der Waals surface area (Å²) in [5.41, 5.74) is -0.0930. The van der Waals surface area contributed by atoms with E-state index in [2.05, 4.69) is 10.1 Å². The molecule has 2 aromatic heterocycles. The Kier molecular flexibility index (Phi) is 6.99. The van der Waals surface area contributed by atoms with Crippen molar-refractivity contribution in [2.45, 2.75) is 6.61 Å². The molecule has 1 aromatic carbocycles. The molecule has 162 valence electrons. The number of methoxy groups -OCH3 is 1. The molecule has 0 saturated heterocycles. The molecular formula is C21H15N3O7S. The number of rotatable bonds is 8. The monoisotopic (exact) mass is 453 g/mol. The maximum Gasteiger partial charge on any atom is 0.340 e. The van der Waals surface area contributed by atoms with Crippen molar-refractivity contribution >= 4 is 40.0 Å². The number of nitrogens with zero attached hydrogens (tertiary/aromatic N) is 2. The van der Waals surface area contributed by atoms with E-state index in [0.717, 1.165) is 11.3 Å². The van der Waals surface area contributed by atoms with Crippen LogP contribution in [0.2, 0.25) is 0 Å². The summed E-state index contributed by atoms with van der Waals surface area (Å²) in [6, 6.07) is 12.0. The molecule has 3 rings (SSSR count). The van der Waals surface area contributed by atoms with E-state index in [9.17, 15) is 25.0 Å². The number of nitro groups is 1. The molecule has 0 aliphatic carbocycles. The number of nitrogens with one attached hydrogen (secondary N) is 1. The number of ether oxygens (including phenoxy) is 2. The summed E-state index contributed by atoms with van der Waals surface area (Å²) in [6.07, 6.45) is 1.26. The molecule has 1 N–H and O–H groups in total. The van der Waals surface area contributed by atoms with Gasteiger partial charge in [-0.2, -0.15) is 5.26 Å². The van der Waals surface area contributed by atoms with Crippen LogP contribution in [0.3, 0.4) is 0 Å². The van der Waals surface area contributed by atoms with Crippen molar-refractivity contribution in [2.24, 2.45) is 0 Å². The highest BCUT2D eigenvalue weighted by Gasteiger charge is 2.18. The zero-order chi connectivity index (χ0) is 23.1. The van der Waals surface area contributed by atoms with Crippen molar-refractivity contribution in [3.63, 3.8) is 0 Å². The first-order valence-corrected chi connectivity index (χ1v) is 9.84. The van der Waals surface area contributed by atoms with Gasteiger partial charge in [-0.3, -0.25) is 14.9 Å². The number of carbonyl (C=O) groups is 2. The summed E-state index contributed by atoms with van der Waals surface area (Å²) in [5.74, 6) is -0.233. The van der Waals surface area contributed by atoms with Crippen molar-refractivity contribution in [3.05, 3.63) is 80.6 Å². The number of nitriles is 1. The Balaban J connectivity index is 1.65. The average molecular weight is 453 g/mol. The largest absolute Gasteiger partial charge is 0.486 e. The van der Waals surface area contributed by atoms with E-state index in [1.54, 1.807) is 23.6 Å². The highest BCUT2D eigenvalue weighted by atomic mass is 32.1. The van der Waals surface area contributed by atoms with Crippen LogP contribution in [-0.4, -0.2) is 23.9 Å². The van der Waals surface area contributed by atoms with Gasteiger partial charge < -0.3 is 19.2 Å². The van der Waals surface area contributed by atoms with Crippen molar-refractivity contribution < 1.29 is 28.4 Å². The van der Waals surface area contributed by atoms with Crippen LogP contribution in [0.25, 0.3) is 6.08 Å². The fourth-order valence-electron chi connectivity index (χ4n) is 2.51. The summed E-state index contributed by atoms with van der Waals surface area (Å²) in [4.78, 5) is 34.3. The van der Waals surface area contributed by atoms with Gasteiger partial charge in [0.05, 0.1) is 17.6 Å². The van der Waals surface area contributed by atoms with Crippen LogP contribution in [0.1, 0.15) is 21.9 Å². The van der Waals surface area contributed by atoms with Gasteiger partial charge in [-0.05, 0) is 35.7 Å². The lowest BCUT2D eigenvalue weighted by atomic mass is 10.2. The van der Waals surface area contributed by atoms with Crippen LogP contribution in [0.15, 0.2) is 57.8 Å². The van der Waals surface area contributed by atoms with Crippen LogP contribution in [0.4, 0.5) is 10.7 Å². The highest BCUT2D eigenvalue weighted by Crippen LogP contribution is 2.25. The SMILES string of the molecule is COC(=O)c1ccsc1NC(=O)/C(C#N)=C/c1ccc(COc2ccc([N+](=O)[O-])cc2)o1. The third-order valence-corrected chi connectivity index (χ3v) is 4.89. The zero-order valence-electron chi connectivity index (χ0n) is 16.6. The predicted octanol–water partition coefficient (Wildman–Crippen LogP) is 4.16. The summed E-state index contributed by atoms with van der Waals surface area (Å²) < 4.78 is 15.7. The molecule has 0 bridgehead atoms. The molecule has 0 saturated carbocycles. The Labute approximate surface area is 185 Å². The summed E-state index contributed by atoms with van der Waals surface area (Å²) in [6.45, 7) is 0.0391. The molecule has 32 heavy (non-hydrogen) atoms. The molecule has 0 unspecified atom stereocenters. The van der Waals surface area contributed by atoms with Gasteiger partial charge in [0.2, 0.25) is 0 Å². The molecule has 0 fully saturated rings. The first kappa shape index (κ1) is 22.3. The number of anilines is 1. The predicted molar refractivity (Wildman–Crippen MR) is 114 cm³/mol. The molecule has 0 atom stereocenters. The van der Waals surface area contributed by atoms with E-state index in [1.165, 1.54) is 43.5 Å². The standard InChI is InChI=1S/C21H15N3O7S/c1-29-21(26)18-8-9-32-20(18)23-19(25)13(11-22)10-16-6-7-17(31-16)12-30-15-4-2-14(3-5-15)24(27)28/h2-10H,12H2,1H3,(H,23,25)/b13-10+. The molecule has 2 heterocycles. The second-order valence-corrected chi connectivity index (χ2v) is 7.04. The number of benzene rings is 1. The minimum absolute atomic E-state index is 0.0391. The molecule has 0 aliphatic rings. The van der Waals surface area contributed by atoms with Gasteiger partial charge in [-0.1, -0.05) is 0 Å². The molecule has 0 spiro atoms. The molecule has 10 nitrogen and oxygen atoms in total. The number of amides is 1. The first-order chi connectivity index (χ1) is 15.4. The normalized spacial score (nSPS) is 10.8. The van der Waals surface area contributed by atoms with Crippen LogP contribution in [-0.2, 0) is 16.1 Å². The number of non-ortho nitro benzene ring substituents is 1.